The zero-order chi connectivity index (χ0) is 45.7. The molecular formula is C48H63N7O8. The Balaban J connectivity index is 1.30. The Labute approximate surface area is 370 Å². The maximum atomic E-state index is 13.6. The predicted molar refractivity (Wildman–Crippen MR) is 245 cm³/mol. The third-order valence-corrected chi connectivity index (χ3v) is 11.3. The monoisotopic (exact) mass is 865 g/mol. The highest BCUT2D eigenvalue weighted by molar-refractivity contribution is 5.94. The van der Waals surface area contributed by atoms with Crippen molar-refractivity contribution in [2.24, 2.45) is 11.8 Å². The van der Waals surface area contributed by atoms with E-state index in [1.807, 2.05) is 59.9 Å². The molecule has 0 saturated heterocycles. The number of nitrogens with one attached hydrogen (secondary N) is 2. The molecular weight excluding hydrogens is 803 g/mol. The predicted octanol–water partition coefficient (Wildman–Crippen LogP) is 8.07. The molecule has 0 fully saturated rings. The van der Waals surface area contributed by atoms with E-state index in [9.17, 15) is 19.2 Å². The maximum absolute atomic E-state index is 13.6. The van der Waals surface area contributed by atoms with Gasteiger partial charge in [-0.3, -0.25) is 10.1 Å². The Hall–Kier alpha value is -6.06. The summed E-state index contributed by atoms with van der Waals surface area (Å²) in [6.07, 6.45) is 0.467. The number of anilines is 2. The molecule has 3 aromatic carbocycles. The molecule has 2 amide bonds. The number of nitrogens with zero attached hydrogens (tertiary/aromatic N) is 5. The molecule has 15 heteroatoms. The minimum Gasteiger partial charge on any atom is -0.461 e. The quantitative estimate of drug-likeness (QED) is 0.0508. The van der Waals surface area contributed by atoms with Crippen molar-refractivity contribution in [1.82, 2.24) is 25.2 Å². The van der Waals surface area contributed by atoms with Crippen LogP contribution in [0.4, 0.5) is 16.2 Å². The molecule has 0 radical (unpaired) electrons. The minimum atomic E-state index is -1.12. The van der Waals surface area contributed by atoms with Gasteiger partial charge in [0.2, 0.25) is 0 Å². The summed E-state index contributed by atoms with van der Waals surface area (Å²) in [7, 11) is 0. The lowest BCUT2D eigenvalue weighted by molar-refractivity contribution is -0.0391. The van der Waals surface area contributed by atoms with Crippen LogP contribution in [-0.4, -0.2) is 95.9 Å². The van der Waals surface area contributed by atoms with Gasteiger partial charge in [-0.1, -0.05) is 39.8 Å². The number of ether oxygens (including phenoxy) is 3. The topological polar surface area (TPSA) is 170 Å². The number of fused-ring (bicyclic) bond motifs is 1. The van der Waals surface area contributed by atoms with Crippen LogP contribution in [0, 0.1) is 11.8 Å². The van der Waals surface area contributed by atoms with E-state index in [-0.39, 0.29) is 13.2 Å². The van der Waals surface area contributed by atoms with Gasteiger partial charge >= 0.3 is 17.7 Å². The number of aromatic nitrogens is 3. The van der Waals surface area contributed by atoms with Crippen molar-refractivity contribution in [3.05, 3.63) is 112 Å². The van der Waals surface area contributed by atoms with Crippen molar-refractivity contribution < 1.29 is 33.0 Å². The second kappa shape index (κ2) is 22.3. The Morgan fingerprint density at radius 3 is 2.21 bits per heavy atom. The lowest BCUT2D eigenvalue weighted by Gasteiger charge is -2.27. The number of carbonyl (C=O) groups excluding carboxylic acids is 3. The third-order valence-electron chi connectivity index (χ3n) is 11.3. The lowest BCUT2D eigenvalue weighted by Crippen LogP contribution is -2.32. The normalized spacial score (nSPS) is 12.6. The van der Waals surface area contributed by atoms with Crippen molar-refractivity contribution in [3.8, 4) is 5.69 Å². The minimum absolute atomic E-state index is 0.178. The van der Waals surface area contributed by atoms with Crippen LogP contribution in [0.2, 0.25) is 0 Å². The van der Waals surface area contributed by atoms with E-state index in [2.05, 4.69) is 51.5 Å². The summed E-state index contributed by atoms with van der Waals surface area (Å²) in [4.78, 5) is 57.0. The number of amides is 2. The number of hydrogen-bond donors (Lipinski definition) is 2. The summed E-state index contributed by atoms with van der Waals surface area (Å²) in [5.74, 6) is 0.0550. The average molecular weight is 866 g/mol. The van der Waals surface area contributed by atoms with Crippen molar-refractivity contribution in [2.45, 2.75) is 80.4 Å². The molecule has 5 rings (SSSR count). The smallest absolute Gasteiger partial charge is 0.412 e. The van der Waals surface area contributed by atoms with E-state index in [1.165, 1.54) is 6.07 Å². The first kappa shape index (κ1) is 48.0. The number of benzene rings is 3. The van der Waals surface area contributed by atoms with Crippen LogP contribution >= 0.6 is 0 Å². The molecule has 0 saturated carbocycles. The maximum Gasteiger partial charge on any atom is 0.412 e. The Morgan fingerprint density at radius 1 is 0.873 bits per heavy atom. The molecule has 0 bridgehead atoms. The number of rotatable bonds is 22. The van der Waals surface area contributed by atoms with Crippen molar-refractivity contribution in [2.75, 3.05) is 62.7 Å². The first-order chi connectivity index (χ1) is 30.1. The van der Waals surface area contributed by atoms with Crippen LogP contribution in [0.15, 0.2) is 88.2 Å². The van der Waals surface area contributed by atoms with E-state index in [1.54, 1.807) is 59.3 Å². The summed E-state index contributed by atoms with van der Waals surface area (Å²) in [5, 5.41) is 14.8. The molecule has 15 nitrogen and oxygen atoms in total. The van der Waals surface area contributed by atoms with Gasteiger partial charge in [-0.2, -0.15) is 0 Å². The van der Waals surface area contributed by atoms with Crippen LogP contribution in [0.3, 0.4) is 0 Å². The Kier molecular flexibility index (Phi) is 17.0. The Bertz CT molecular complexity index is 2330. The first-order valence-corrected chi connectivity index (χ1v) is 21.9. The van der Waals surface area contributed by atoms with E-state index >= 15 is 0 Å². The molecule has 63 heavy (non-hydrogen) atoms. The fourth-order valence-electron chi connectivity index (χ4n) is 6.90. The number of carbonyl (C=O) groups is 3. The van der Waals surface area contributed by atoms with Gasteiger partial charge in [-0.05, 0) is 113 Å². The largest absolute Gasteiger partial charge is 0.461 e. The molecule has 0 aliphatic rings. The van der Waals surface area contributed by atoms with Gasteiger partial charge in [-0.25, -0.2) is 19.1 Å². The average Bonchev–Trinajstić information content (AvgIpc) is 3.73. The number of likely N-dealkylation sites (N-methyl/N-ethyl adjacent to an activating group) is 1. The lowest BCUT2D eigenvalue weighted by atomic mass is 9.98. The molecule has 338 valence electrons. The van der Waals surface area contributed by atoms with Crippen molar-refractivity contribution in [1.29, 1.82) is 0 Å². The fourth-order valence-corrected chi connectivity index (χ4v) is 6.90. The van der Waals surface area contributed by atoms with Gasteiger partial charge in [0.25, 0.3) is 5.91 Å². The summed E-state index contributed by atoms with van der Waals surface area (Å²) < 4.78 is 24.9. The summed E-state index contributed by atoms with van der Waals surface area (Å²) in [5.41, 5.74) is 2.99. The van der Waals surface area contributed by atoms with E-state index in [0.717, 1.165) is 37.6 Å². The molecule has 0 aliphatic heterocycles. The number of esters is 1. The second-order valence-corrected chi connectivity index (χ2v) is 16.5. The van der Waals surface area contributed by atoms with Crippen LogP contribution in [-0.2, 0) is 20.6 Å². The molecule has 5 aromatic rings. The summed E-state index contributed by atoms with van der Waals surface area (Å²) >= 11 is 0. The second-order valence-electron chi connectivity index (χ2n) is 16.5. The molecule has 2 heterocycles. The van der Waals surface area contributed by atoms with Gasteiger partial charge in [0.15, 0.2) is 0 Å². The zero-order valence-electron chi connectivity index (χ0n) is 38.1. The standard InChI is InChI=1S/C48H63N7O8/c1-10-53(11-2)24-25-60-46(58)35-14-18-36(19-15-35)50-47(59)63-43(41-27-44(56)62-42-26-39(22-23-40(41)42)54(12-3)13-4)29-49-45(57)34-16-20-38(21-17-34)55-30-37(51-52-55)28-48(8,9)61-31-33(7)32(5)6/h14-23,26-27,30,32-33,43H,10-13,24-25,28-29,31H2,1-9H3,(H,49,57)(H,50,59). The van der Waals surface area contributed by atoms with Crippen LogP contribution in [0.1, 0.15) is 100 Å². The van der Waals surface area contributed by atoms with Crippen molar-refractivity contribution >= 4 is 40.3 Å². The highest BCUT2D eigenvalue weighted by Gasteiger charge is 2.25. The van der Waals surface area contributed by atoms with Gasteiger partial charge in [-0.15, -0.1) is 5.10 Å². The molecule has 0 aliphatic carbocycles. The SMILES string of the molecule is CCN(CC)CCOC(=O)c1ccc(NC(=O)OC(CNC(=O)c2ccc(-n3cc(CC(C)(C)OCC(C)C(C)C)nn3)cc2)c2cc(=O)oc3cc(N(CC)CC)ccc23)cc1. The fraction of sp³-hybridized carbons (Fsp3) is 0.458. The third kappa shape index (κ3) is 13.5. The van der Waals surface area contributed by atoms with E-state index in [4.69, 9.17) is 18.6 Å². The molecule has 2 atom stereocenters. The summed E-state index contributed by atoms with van der Waals surface area (Å²) in [6.45, 7) is 23.4. The molecule has 2 unspecified atom stereocenters. The van der Waals surface area contributed by atoms with Crippen LogP contribution in [0.25, 0.3) is 16.7 Å². The molecule has 2 aromatic heterocycles. The molecule has 0 spiro atoms. The van der Waals surface area contributed by atoms with Gasteiger partial charge in [0.1, 0.15) is 18.3 Å². The van der Waals surface area contributed by atoms with E-state index < -0.39 is 35.3 Å². The van der Waals surface area contributed by atoms with Crippen molar-refractivity contribution in [3.63, 3.8) is 0 Å². The summed E-state index contributed by atoms with van der Waals surface area (Å²) in [6, 6.07) is 19.9. The van der Waals surface area contributed by atoms with Crippen LogP contribution in [0.5, 0.6) is 0 Å². The van der Waals surface area contributed by atoms with Gasteiger partial charge < -0.3 is 33.7 Å². The molecule has 2 N–H and O–H groups in total. The number of hydrogen-bond acceptors (Lipinski definition) is 12. The zero-order valence-corrected chi connectivity index (χ0v) is 38.1. The Morgan fingerprint density at radius 2 is 1.56 bits per heavy atom. The van der Waals surface area contributed by atoms with Crippen LogP contribution < -0.4 is 21.2 Å². The van der Waals surface area contributed by atoms with Gasteiger partial charge in [0, 0.05) is 66.1 Å². The highest BCUT2D eigenvalue weighted by Crippen LogP contribution is 2.29. The van der Waals surface area contributed by atoms with Gasteiger partial charge in [0.05, 0.1) is 41.9 Å². The highest BCUT2D eigenvalue weighted by atomic mass is 16.6. The van der Waals surface area contributed by atoms with E-state index in [0.29, 0.717) is 70.4 Å². The first-order valence-electron chi connectivity index (χ1n) is 21.9.